The van der Waals surface area contributed by atoms with Crippen molar-refractivity contribution in [1.29, 1.82) is 0 Å². The first-order valence-corrected chi connectivity index (χ1v) is 11.5. The van der Waals surface area contributed by atoms with Crippen LogP contribution in [0, 0.1) is 6.92 Å². The highest BCUT2D eigenvalue weighted by atomic mass is 35.5. The van der Waals surface area contributed by atoms with Gasteiger partial charge < -0.3 is 10.1 Å². The molecule has 4 rings (SSSR count). The number of esters is 1. The molecule has 1 atom stereocenters. The molecule has 8 heteroatoms. The Bertz CT molecular complexity index is 1200. The number of hydrogen-bond donors (Lipinski definition) is 1. The Morgan fingerprint density at radius 3 is 2.84 bits per heavy atom. The summed E-state index contributed by atoms with van der Waals surface area (Å²) in [4.78, 5) is 17.6. The molecular weight excluding hydrogens is 444 g/mol. The Kier molecular flexibility index (Phi) is 6.67. The maximum absolute atomic E-state index is 13.0. The molecular formula is C24H23ClN4O2S. The second-order valence-corrected chi connectivity index (χ2v) is 8.76. The fraction of sp³-hybridized carbons (Fsp3) is 0.208. The summed E-state index contributed by atoms with van der Waals surface area (Å²) in [6.07, 6.45) is 1.55. The first kappa shape index (κ1) is 22.2. The van der Waals surface area contributed by atoms with Crippen molar-refractivity contribution in [2.45, 2.75) is 30.8 Å². The number of fused-ring (bicyclic) bond motifs is 1. The Hall–Kier alpha value is -3.03. The Labute approximate surface area is 196 Å². The van der Waals surface area contributed by atoms with Crippen LogP contribution in [-0.4, -0.2) is 27.3 Å². The van der Waals surface area contributed by atoms with Gasteiger partial charge in [-0.05, 0) is 31.0 Å². The van der Waals surface area contributed by atoms with Crippen molar-refractivity contribution in [3.63, 3.8) is 0 Å². The summed E-state index contributed by atoms with van der Waals surface area (Å²) in [6, 6.07) is 15.3. The summed E-state index contributed by atoms with van der Waals surface area (Å²) < 4.78 is 7.14. The Balaban J connectivity index is 1.70. The van der Waals surface area contributed by atoms with Crippen molar-refractivity contribution in [2.24, 2.45) is 0 Å². The molecule has 0 amide bonds. The number of hydrogen-bond acceptors (Lipinski definition) is 6. The van der Waals surface area contributed by atoms with E-state index >= 15 is 0 Å². The third-order valence-electron chi connectivity index (χ3n) is 5.06. The van der Waals surface area contributed by atoms with Crippen molar-refractivity contribution in [3.8, 4) is 0 Å². The van der Waals surface area contributed by atoms with E-state index in [4.69, 9.17) is 21.4 Å². The van der Waals surface area contributed by atoms with E-state index in [1.54, 1.807) is 10.8 Å². The standard InChI is InChI=1S/C24H23ClN4O2S/c1-4-12-31-22(30)20-16(3)26-23-27-24(32-14-18-9-5-6-11-19(18)25)28-29(23)21(20)17-10-7-8-15(2)13-17/h4-11,13,21H,1,12,14H2,2-3H3,(H,26,27,28)/t21-/m1/s1. The van der Waals surface area contributed by atoms with Crippen LogP contribution in [0.2, 0.25) is 5.02 Å². The number of allylic oxidation sites excluding steroid dienone is 1. The molecule has 2 aromatic carbocycles. The van der Waals surface area contributed by atoms with Gasteiger partial charge in [-0.25, -0.2) is 9.48 Å². The number of aromatic nitrogens is 3. The van der Waals surface area contributed by atoms with Crippen molar-refractivity contribution in [3.05, 3.63) is 94.2 Å². The number of halogens is 1. The predicted molar refractivity (Wildman–Crippen MR) is 128 cm³/mol. The lowest BCUT2D eigenvalue weighted by Gasteiger charge is -2.28. The summed E-state index contributed by atoms with van der Waals surface area (Å²) in [5, 5.41) is 9.25. The Morgan fingerprint density at radius 2 is 2.09 bits per heavy atom. The minimum Gasteiger partial charge on any atom is -0.458 e. The van der Waals surface area contributed by atoms with Gasteiger partial charge in [0, 0.05) is 16.5 Å². The van der Waals surface area contributed by atoms with Crippen LogP contribution < -0.4 is 5.32 Å². The molecule has 1 aliphatic rings. The molecule has 0 aliphatic carbocycles. The molecule has 0 saturated carbocycles. The van der Waals surface area contributed by atoms with E-state index in [0.717, 1.165) is 16.7 Å². The number of nitrogens with zero attached hydrogens (tertiary/aromatic N) is 3. The average Bonchev–Trinajstić information content (AvgIpc) is 3.18. The number of rotatable bonds is 7. The minimum absolute atomic E-state index is 0.138. The zero-order valence-electron chi connectivity index (χ0n) is 17.8. The molecule has 0 unspecified atom stereocenters. The summed E-state index contributed by atoms with van der Waals surface area (Å²) in [5.41, 5.74) is 4.22. The van der Waals surface area contributed by atoms with E-state index < -0.39 is 12.0 Å². The number of thioether (sulfide) groups is 1. The van der Waals surface area contributed by atoms with Crippen LogP contribution in [-0.2, 0) is 15.3 Å². The lowest BCUT2D eigenvalue weighted by atomic mass is 9.95. The van der Waals surface area contributed by atoms with Gasteiger partial charge in [0.1, 0.15) is 12.6 Å². The van der Waals surface area contributed by atoms with Gasteiger partial charge >= 0.3 is 5.97 Å². The SMILES string of the molecule is C=CCOC(=O)C1=C(C)Nc2nc(SCc3ccccc3Cl)nn2[C@@H]1c1cccc(C)c1. The van der Waals surface area contributed by atoms with Crippen molar-refractivity contribution in [1.82, 2.24) is 14.8 Å². The monoisotopic (exact) mass is 466 g/mol. The van der Waals surface area contributed by atoms with Gasteiger partial charge in [0.15, 0.2) is 0 Å². The first-order chi connectivity index (χ1) is 15.5. The van der Waals surface area contributed by atoms with Gasteiger partial charge in [-0.2, -0.15) is 4.98 Å². The van der Waals surface area contributed by atoms with E-state index in [1.807, 2.05) is 62.4 Å². The highest BCUT2D eigenvalue weighted by molar-refractivity contribution is 7.98. The lowest BCUT2D eigenvalue weighted by Crippen LogP contribution is -2.29. The quantitative estimate of drug-likeness (QED) is 0.279. The lowest BCUT2D eigenvalue weighted by molar-refractivity contribution is -0.138. The number of aryl methyl sites for hydroxylation is 1. The van der Waals surface area contributed by atoms with E-state index in [1.165, 1.54) is 11.8 Å². The van der Waals surface area contributed by atoms with Crippen LogP contribution >= 0.6 is 23.4 Å². The zero-order valence-corrected chi connectivity index (χ0v) is 19.4. The fourth-order valence-electron chi connectivity index (χ4n) is 3.58. The normalized spacial score (nSPS) is 15.2. The van der Waals surface area contributed by atoms with Crippen molar-refractivity contribution in [2.75, 3.05) is 11.9 Å². The van der Waals surface area contributed by atoms with Crippen molar-refractivity contribution < 1.29 is 9.53 Å². The summed E-state index contributed by atoms with van der Waals surface area (Å²) in [5.74, 6) is 0.808. The molecule has 0 saturated heterocycles. The van der Waals surface area contributed by atoms with Gasteiger partial charge in [-0.3, -0.25) is 0 Å². The largest absolute Gasteiger partial charge is 0.458 e. The van der Waals surface area contributed by atoms with E-state index in [9.17, 15) is 4.79 Å². The number of carbonyl (C=O) groups is 1. The zero-order chi connectivity index (χ0) is 22.7. The molecule has 0 radical (unpaired) electrons. The number of nitrogens with one attached hydrogen (secondary N) is 1. The second kappa shape index (κ2) is 9.63. The van der Waals surface area contributed by atoms with Crippen LogP contribution in [0.1, 0.15) is 29.7 Å². The van der Waals surface area contributed by atoms with Crippen molar-refractivity contribution >= 4 is 35.3 Å². The highest BCUT2D eigenvalue weighted by Crippen LogP contribution is 2.37. The third kappa shape index (κ3) is 4.59. The van der Waals surface area contributed by atoms with Crippen LogP contribution in [0.15, 0.2) is 77.6 Å². The molecule has 0 spiro atoms. The predicted octanol–water partition coefficient (Wildman–Crippen LogP) is 5.55. The van der Waals surface area contributed by atoms with Gasteiger partial charge in [0.05, 0.1) is 5.57 Å². The van der Waals surface area contributed by atoms with E-state index in [2.05, 4.69) is 16.9 Å². The minimum atomic E-state index is -0.453. The first-order valence-electron chi connectivity index (χ1n) is 10.1. The maximum atomic E-state index is 13.0. The van der Waals surface area contributed by atoms with Gasteiger partial charge in [-0.15, -0.1) is 5.10 Å². The number of ether oxygens (including phenoxy) is 1. The van der Waals surface area contributed by atoms with Gasteiger partial charge in [0.25, 0.3) is 0 Å². The average molecular weight is 467 g/mol. The molecule has 2 heterocycles. The number of carbonyl (C=O) groups excluding carboxylic acids is 1. The van der Waals surface area contributed by atoms with E-state index in [-0.39, 0.29) is 6.61 Å². The summed E-state index contributed by atoms with van der Waals surface area (Å²) in [6.45, 7) is 7.63. The highest BCUT2D eigenvalue weighted by Gasteiger charge is 2.35. The molecule has 1 aromatic heterocycles. The summed E-state index contributed by atoms with van der Waals surface area (Å²) in [7, 11) is 0. The fourth-order valence-corrected chi connectivity index (χ4v) is 4.69. The topological polar surface area (TPSA) is 69.0 Å². The van der Waals surface area contributed by atoms with Crippen LogP contribution in [0.25, 0.3) is 0 Å². The Morgan fingerprint density at radius 1 is 1.28 bits per heavy atom. The molecule has 0 bridgehead atoms. The molecule has 32 heavy (non-hydrogen) atoms. The van der Waals surface area contributed by atoms with Crippen LogP contribution in [0.5, 0.6) is 0 Å². The maximum Gasteiger partial charge on any atom is 0.338 e. The molecule has 1 aliphatic heterocycles. The number of benzene rings is 2. The third-order valence-corrected chi connectivity index (χ3v) is 6.31. The van der Waals surface area contributed by atoms with Gasteiger partial charge in [0.2, 0.25) is 11.1 Å². The summed E-state index contributed by atoms with van der Waals surface area (Å²) >= 11 is 7.78. The van der Waals surface area contributed by atoms with Crippen LogP contribution in [0.4, 0.5) is 5.95 Å². The second-order valence-electron chi connectivity index (χ2n) is 7.41. The molecule has 0 fully saturated rings. The van der Waals surface area contributed by atoms with Crippen LogP contribution in [0.3, 0.4) is 0 Å². The van der Waals surface area contributed by atoms with Gasteiger partial charge in [-0.1, -0.05) is 84.0 Å². The molecule has 3 aromatic rings. The smallest absolute Gasteiger partial charge is 0.338 e. The molecule has 6 nitrogen and oxygen atoms in total. The molecule has 164 valence electrons. The molecule has 1 N–H and O–H groups in total. The van der Waals surface area contributed by atoms with E-state index in [0.29, 0.717) is 33.2 Å². The number of anilines is 1.